The summed E-state index contributed by atoms with van der Waals surface area (Å²) in [5.74, 6) is 1.20. The minimum Gasteiger partial charge on any atom is -0.497 e. The summed E-state index contributed by atoms with van der Waals surface area (Å²) in [7, 11) is 1.66. The van der Waals surface area contributed by atoms with Gasteiger partial charge in [0.25, 0.3) is 0 Å². The molecule has 0 aromatic heterocycles. The van der Waals surface area contributed by atoms with E-state index in [0.717, 1.165) is 18.6 Å². The monoisotopic (exact) mass is 234 g/mol. The Balaban J connectivity index is 2.53. The first-order valence-electron chi connectivity index (χ1n) is 6.16. The maximum atomic E-state index is 12.0. The Bertz CT molecular complexity index is 363. The van der Waals surface area contributed by atoms with Crippen molar-refractivity contribution in [3.63, 3.8) is 0 Å². The Morgan fingerprint density at radius 2 is 1.82 bits per heavy atom. The molecule has 0 unspecified atom stereocenters. The smallest absolute Gasteiger partial charge is 0.138 e. The third-order valence-corrected chi connectivity index (χ3v) is 3.44. The van der Waals surface area contributed by atoms with Crippen molar-refractivity contribution >= 4 is 5.78 Å². The summed E-state index contributed by atoms with van der Waals surface area (Å²) < 4.78 is 5.10. The van der Waals surface area contributed by atoms with Crippen LogP contribution in [0.25, 0.3) is 0 Å². The predicted molar refractivity (Wildman–Crippen MR) is 70.4 cm³/mol. The van der Waals surface area contributed by atoms with Gasteiger partial charge in [0, 0.05) is 11.8 Å². The second-order valence-corrected chi connectivity index (χ2v) is 5.01. The van der Waals surface area contributed by atoms with Crippen LogP contribution in [-0.4, -0.2) is 12.9 Å². The minimum atomic E-state index is -0.188. The second-order valence-electron chi connectivity index (χ2n) is 5.01. The fourth-order valence-corrected chi connectivity index (χ4v) is 1.59. The van der Waals surface area contributed by atoms with Crippen LogP contribution in [0.1, 0.15) is 39.2 Å². The van der Waals surface area contributed by atoms with Gasteiger partial charge in [0.1, 0.15) is 11.5 Å². The number of hydrogen-bond acceptors (Lipinski definition) is 2. The molecule has 0 radical (unpaired) electrons. The zero-order valence-electron chi connectivity index (χ0n) is 11.2. The first kappa shape index (κ1) is 13.8. The van der Waals surface area contributed by atoms with Crippen LogP contribution in [-0.2, 0) is 11.2 Å². The molecule has 0 N–H and O–H groups in total. The molecule has 1 aromatic rings. The van der Waals surface area contributed by atoms with Gasteiger partial charge in [-0.3, -0.25) is 4.79 Å². The van der Waals surface area contributed by atoms with Crippen LogP contribution in [0.15, 0.2) is 24.3 Å². The van der Waals surface area contributed by atoms with Gasteiger partial charge < -0.3 is 4.74 Å². The fourth-order valence-electron chi connectivity index (χ4n) is 1.59. The quantitative estimate of drug-likeness (QED) is 0.751. The van der Waals surface area contributed by atoms with E-state index < -0.39 is 0 Å². The number of rotatable bonds is 6. The molecular formula is C15H22O2. The van der Waals surface area contributed by atoms with E-state index in [2.05, 4.69) is 6.92 Å². The molecule has 17 heavy (non-hydrogen) atoms. The fraction of sp³-hybridized carbons (Fsp3) is 0.533. The number of ketones is 1. The number of ether oxygens (including phenoxy) is 1. The van der Waals surface area contributed by atoms with Gasteiger partial charge >= 0.3 is 0 Å². The summed E-state index contributed by atoms with van der Waals surface area (Å²) in [5.41, 5.74) is 0.998. The summed E-state index contributed by atoms with van der Waals surface area (Å²) >= 11 is 0. The van der Waals surface area contributed by atoms with Crippen LogP contribution >= 0.6 is 0 Å². The van der Waals surface area contributed by atoms with E-state index in [1.807, 2.05) is 38.1 Å². The Morgan fingerprint density at radius 3 is 2.29 bits per heavy atom. The van der Waals surface area contributed by atoms with Crippen molar-refractivity contribution in [3.8, 4) is 5.75 Å². The summed E-state index contributed by atoms with van der Waals surface area (Å²) in [6.45, 7) is 6.10. The summed E-state index contributed by atoms with van der Waals surface area (Å²) in [5, 5.41) is 0. The molecular weight excluding hydrogens is 212 g/mol. The molecule has 0 aliphatic rings. The maximum Gasteiger partial charge on any atom is 0.138 e. The standard InChI is InChI=1S/C15H22O2/c1-5-15(2,3)14(16)11-8-12-6-9-13(17-4)10-7-12/h6-7,9-10H,5,8,11H2,1-4H3. The number of methoxy groups -OCH3 is 1. The molecule has 0 amide bonds. The van der Waals surface area contributed by atoms with Gasteiger partial charge in [-0.1, -0.05) is 32.9 Å². The zero-order valence-corrected chi connectivity index (χ0v) is 11.2. The van der Waals surface area contributed by atoms with Crippen LogP contribution in [0, 0.1) is 5.41 Å². The largest absolute Gasteiger partial charge is 0.497 e. The minimum absolute atomic E-state index is 0.188. The lowest BCUT2D eigenvalue weighted by molar-refractivity contribution is -0.127. The Labute approximate surface area is 104 Å². The lowest BCUT2D eigenvalue weighted by Crippen LogP contribution is -2.23. The van der Waals surface area contributed by atoms with E-state index in [1.165, 1.54) is 5.56 Å². The molecule has 2 nitrogen and oxygen atoms in total. The van der Waals surface area contributed by atoms with E-state index in [-0.39, 0.29) is 5.41 Å². The Hall–Kier alpha value is -1.31. The molecule has 0 heterocycles. The van der Waals surface area contributed by atoms with Crippen LogP contribution in [0.2, 0.25) is 0 Å². The Kier molecular flexibility index (Phi) is 4.73. The van der Waals surface area contributed by atoms with E-state index in [1.54, 1.807) is 7.11 Å². The van der Waals surface area contributed by atoms with Crippen molar-refractivity contribution in [1.29, 1.82) is 0 Å². The molecule has 0 spiro atoms. The number of Topliss-reactive ketones (excluding diaryl/α,β-unsaturated/α-hetero) is 1. The number of carbonyl (C=O) groups excluding carboxylic acids is 1. The molecule has 0 fully saturated rings. The second kappa shape index (κ2) is 5.85. The van der Waals surface area contributed by atoms with Crippen LogP contribution in [0.5, 0.6) is 5.75 Å². The molecule has 0 aliphatic carbocycles. The van der Waals surface area contributed by atoms with Crippen molar-refractivity contribution in [1.82, 2.24) is 0 Å². The van der Waals surface area contributed by atoms with Gasteiger partial charge in [0.05, 0.1) is 7.11 Å². The van der Waals surface area contributed by atoms with Gasteiger partial charge in [-0.15, -0.1) is 0 Å². The van der Waals surface area contributed by atoms with Crippen molar-refractivity contribution in [3.05, 3.63) is 29.8 Å². The molecule has 0 bridgehead atoms. The van der Waals surface area contributed by atoms with Gasteiger partial charge in [0.15, 0.2) is 0 Å². The highest BCUT2D eigenvalue weighted by Crippen LogP contribution is 2.23. The average molecular weight is 234 g/mol. The molecule has 0 aliphatic heterocycles. The van der Waals surface area contributed by atoms with Crippen molar-refractivity contribution in [2.24, 2.45) is 5.41 Å². The topological polar surface area (TPSA) is 26.3 Å². The normalized spacial score (nSPS) is 11.3. The molecule has 1 rings (SSSR count). The number of benzene rings is 1. The highest BCUT2D eigenvalue weighted by Gasteiger charge is 2.24. The molecule has 1 aromatic carbocycles. The van der Waals surface area contributed by atoms with Crippen LogP contribution in [0.3, 0.4) is 0 Å². The van der Waals surface area contributed by atoms with Crippen molar-refractivity contribution in [2.45, 2.75) is 40.0 Å². The molecule has 0 saturated carbocycles. The number of aryl methyl sites for hydroxylation is 1. The van der Waals surface area contributed by atoms with Gasteiger partial charge in [-0.25, -0.2) is 0 Å². The average Bonchev–Trinajstić information content (AvgIpc) is 2.36. The molecule has 0 atom stereocenters. The molecule has 2 heteroatoms. The van der Waals surface area contributed by atoms with Crippen molar-refractivity contribution in [2.75, 3.05) is 7.11 Å². The summed E-state index contributed by atoms with van der Waals surface area (Å²) in [6.07, 6.45) is 2.33. The molecule has 94 valence electrons. The SMILES string of the molecule is CCC(C)(C)C(=O)CCc1ccc(OC)cc1. The number of hydrogen-bond donors (Lipinski definition) is 0. The maximum absolute atomic E-state index is 12.0. The van der Waals surface area contributed by atoms with E-state index in [4.69, 9.17) is 4.74 Å². The summed E-state index contributed by atoms with van der Waals surface area (Å²) in [6, 6.07) is 7.91. The van der Waals surface area contributed by atoms with Gasteiger partial charge in [-0.2, -0.15) is 0 Å². The highest BCUT2D eigenvalue weighted by molar-refractivity contribution is 5.84. The van der Waals surface area contributed by atoms with Crippen LogP contribution in [0.4, 0.5) is 0 Å². The first-order valence-corrected chi connectivity index (χ1v) is 6.16. The van der Waals surface area contributed by atoms with Gasteiger partial charge in [-0.05, 0) is 30.5 Å². The highest BCUT2D eigenvalue weighted by atomic mass is 16.5. The summed E-state index contributed by atoms with van der Waals surface area (Å²) in [4.78, 5) is 12.0. The third-order valence-electron chi connectivity index (χ3n) is 3.44. The molecule has 0 saturated heterocycles. The van der Waals surface area contributed by atoms with Crippen LogP contribution < -0.4 is 4.74 Å². The van der Waals surface area contributed by atoms with Gasteiger partial charge in [0.2, 0.25) is 0 Å². The third kappa shape index (κ3) is 3.88. The van der Waals surface area contributed by atoms with E-state index >= 15 is 0 Å². The zero-order chi connectivity index (χ0) is 12.9. The van der Waals surface area contributed by atoms with E-state index in [9.17, 15) is 4.79 Å². The van der Waals surface area contributed by atoms with Crippen molar-refractivity contribution < 1.29 is 9.53 Å². The lowest BCUT2D eigenvalue weighted by Gasteiger charge is -2.20. The first-order chi connectivity index (χ1) is 7.99. The lowest BCUT2D eigenvalue weighted by atomic mass is 9.83. The predicted octanol–water partition coefficient (Wildman–Crippen LogP) is 3.63. The van der Waals surface area contributed by atoms with E-state index in [0.29, 0.717) is 12.2 Å². The number of carbonyl (C=O) groups is 1. The Morgan fingerprint density at radius 1 is 1.24 bits per heavy atom.